The number of nitrogens with one attached hydrogen (secondary N) is 1. The van der Waals surface area contributed by atoms with Gasteiger partial charge in [-0.05, 0) is 39.3 Å². The van der Waals surface area contributed by atoms with Crippen LogP contribution in [0, 0.1) is 0 Å². The number of thiophene rings is 1. The Bertz CT molecular complexity index is 567. The van der Waals surface area contributed by atoms with Gasteiger partial charge in [0.2, 0.25) is 0 Å². The number of carbonyl (C=O) groups excluding carboxylic acids is 1. The standard InChI is InChI=1S/C14H22N4OS2.2ClH/c1-3-18(4-2)14-17-13-11(21-14)9-10(20-13)12(19)16-8-6-5-7-15;;/h9H,3-8,15H2,1-2H3,(H,16,19);2*1H. The van der Waals surface area contributed by atoms with Gasteiger partial charge in [-0.25, -0.2) is 4.98 Å². The number of carbonyl (C=O) groups is 1. The largest absolute Gasteiger partial charge is 0.351 e. The van der Waals surface area contributed by atoms with E-state index in [0.29, 0.717) is 13.1 Å². The van der Waals surface area contributed by atoms with Gasteiger partial charge in [0, 0.05) is 19.6 Å². The number of amides is 1. The quantitative estimate of drug-likeness (QED) is 0.667. The molecule has 0 aliphatic carbocycles. The first kappa shape index (κ1) is 22.4. The number of rotatable bonds is 8. The minimum atomic E-state index is -0.00777. The van der Waals surface area contributed by atoms with E-state index in [1.807, 2.05) is 6.07 Å². The highest BCUT2D eigenvalue weighted by molar-refractivity contribution is 7.29. The summed E-state index contributed by atoms with van der Waals surface area (Å²) in [5.41, 5.74) is 5.43. The Balaban J connectivity index is 0.00000242. The van der Waals surface area contributed by atoms with Crippen molar-refractivity contribution in [2.45, 2.75) is 26.7 Å². The third-order valence-electron chi connectivity index (χ3n) is 3.25. The maximum atomic E-state index is 12.0. The van der Waals surface area contributed by atoms with Gasteiger partial charge in [-0.2, -0.15) is 0 Å². The zero-order valence-electron chi connectivity index (χ0n) is 13.3. The van der Waals surface area contributed by atoms with Crippen molar-refractivity contribution in [3.05, 3.63) is 10.9 Å². The Hall–Kier alpha value is -0.600. The molecule has 2 heterocycles. The first-order valence-corrected chi connectivity index (χ1v) is 8.96. The number of anilines is 1. The van der Waals surface area contributed by atoms with E-state index in [0.717, 1.165) is 45.5 Å². The lowest BCUT2D eigenvalue weighted by atomic mass is 10.3. The van der Waals surface area contributed by atoms with Crippen LogP contribution in [0.4, 0.5) is 5.13 Å². The van der Waals surface area contributed by atoms with Crippen LogP contribution in [0.3, 0.4) is 0 Å². The molecule has 0 unspecified atom stereocenters. The van der Waals surface area contributed by atoms with E-state index < -0.39 is 0 Å². The highest BCUT2D eigenvalue weighted by atomic mass is 35.5. The predicted molar refractivity (Wildman–Crippen MR) is 106 cm³/mol. The second-order valence-corrected chi connectivity index (χ2v) is 6.74. The van der Waals surface area contributed by atoms with Crippen molar-refractivity contribution >= 4 is 68.1 Å². The zero-order chi connectivity index (χ0) is 15.2. The summed E-state index contributed by atoms with van der Waals surface area (Å²) in [4.78, 5) is 20.6. The summed E-state index contributed by atoms with van der Waals surface area (Å²) < 4.78 is 1.09. The van der Waals surface area contributed by atoms with Gasteiger partial charge in [-0.1, -0.05) is 11.3 Å². The number of hydrogen-bond donors (Lipinski definition) is 2. The molecule has 0 aromatic carbocycles. The number of fused-ring (bicyclic) bond motifs is 1. The normalized spacial score (nSPS) is 10.0. The summed E-state index contributed by atoms with van der Waals surface area (Å²) in [6.07, 6.45) is 1.86. The number of aromatic nitrogens is 1. The molecule has 0 saturated heterocycles. The molecule has 2 aromatic heterocycles. The molecule has 1 amide bonds. The van der Waals surface area contributed by atoms with Crippen LogP contribution in [-0.2, 0) is 0 Å². The fourth-order valence-corrected chi connectivity index (χ4v) is 4.28. The summed E-state index contributed by atoms with van der Waals surface area (Å²) in [6, 6.07) is 1.95. The van der Waals surface area contributed by atoms with Crippen LogP contribution < -0.4 is 16.0 Å². The van der Waals surface area contributed by atoms with Gasteiger partial charge in [-0.3, -0.25) is 4.79 Å². The maximum Gasteiger partial charge on any atom is 0.261 e. The first-order valence-electron chi connectivity index (χ1n) is 7.33. The predicted octanol–water partition coefficient (Wildman–Crippen LogP) is 3.52. The van der Waals surface area contributed by atoms with Crippen LogP contribution >= 0.6 is 47.5 Å². The molecule has 2 rings (SSSR count). The molecule has 5 nitrogen and oxygen atoms in total. The average Bonchev–Trinajstić information content (AvgIpc) is 3.03. The van der Waals surface area contributed by atoms with Crippen molar-refractivity contribution in [1.29, 1.82) is 0 Å². The molecule has 0 saturated carbocycles. The second kappa shape index (κ2) is 11.0. The van der Waals surface area contributed by atoms with Gasteiger partial charge in [0.25, 0.3) is 5.91 Å². The molecule has 0 aliphatic heterocycles. The molecule has 3 N–H and O–H groups in total. The third-order valence-corrected chi connectivity index (χ3v) is 5.47. The minimum absolute atomic E-state index is 0. The van der Waals surface area contributed by atoms with Crippen LogP contribution in [0.15, 0.2) is 6.07 Å². The molecular weight excluding hydrogens is 375 g/mol. The topological polar surface area (TPSA) is 71.2 Å². The van der Waals surface area contributed by atoms with Crippen molar-refractivity contribution in [3.8, 4) is 0 Å². The van der Waals surface area contributed by atoms with E-state index in [-0.39, 0.29) is 30.7 Å². The molecule has 0 bridgehead atoms. The third kappa shape index (κ3) is 5.76. The van der Waals surface area contributed by atoms with E-state index >= 15 is 0 Å². The van der Waals surface area contributed by atoms with Crippen molar-refractivity contribution in [1.82, 2.24) is 10.3 Å². The highest BCUT2D eigenvalue weighted by Gasteiger charge is 2.15. The van der Waals surface area contributed by atoms with Gasteiger partial charge in [-0.15, -0.1) is 36.2 Å². The monoisotopic (exact) mass is 398 g/mol. The number of nitrogens with two attached hydrogens (primary N) is 1. The van der Waals surface area contributed by atoms with Crippen molar-refractivity contribution in [2.24, 2.45) is 5.73 Å². The van der Waals surface area contributed by atoms with Crippen LogP contribution in [0.5, 0.6) is 0 Å². The van der Waals surface area contributed by atoms with Gasteiger partial charge in [0.05, 0.1) is 9.58 Å². The maximum absolute atomic E-state index is 12.0. The molecule has 0 aliphatic rings. The number of nitrogens with zero attached hydrogens (tertiary/aromatic N) is 2. The Morgan fingerprint density at radius 1 is 1.26 bits per heavy atom. The lowest BCUT2D eigenvalue weighted by Gasteiger charge is -2.16. The van der Waals surface area contributed by atoms with Crippen LogP contribution in [0.1, 0.15) is 36.4 Å². The van der Waals surface area contributed by atoms with Crippen LogP contribution in [0.25, 0.3) is 9.53 Å². The number of thiazole rings is 1. The lowest BCUT2D eigenvalue weighted by molar-refractivity contribution is 0.0957. The molecule has 23 heavy (non-hydrogen) atoms. The average molecular weight is 399 g/mol. The van der Waals surface area contributed by atoms with E-state index in [1.165, 1.54) is 11.3 Å². The Labute approximate surface area is 157 Å². The van der Waals surface area contributed by atoms with Crippen LogP contribution in [-0.4, -0.2) is 37.1 Å². The minimum Gasteiger partial charge on any atom is -0.351 e. The smallest absolute Gasteiger partial charge is 0.261 e. The van der Waals surface area contributed by atoms with Crippen molar-refractivity contribution in [3.63, 3.8) is 0 Å². The zero-order valence-corrected chi connectivity index (χ0v) is 16.6. The molecule has 0 radical (unpaired) electrons. The number of unbranched alkanes of at least 4 members (excludes halogenated alkanes) is 1. The van der Waals surface area contributed by atoms with Crippen LogP contribution in [0.2, 0.25) is 0 Å². The highest BCUT2D eigenvalue weighted by Crippen LogP contribution is 2.34. The summed E-state index contributed by atoms with van der Waals surface area (Å²) in [5, 5.41) is 3.96. The Morgan fingerprint density at radius 3 is 2.52 bits per heavy atom. The molecule has 2 aromatic rings. The fraction of sp³-hybridized carbons (Fsp3) is 0.571. The summed E-state index contributed by atoms with van der Waals surface area (Å²) >= 11 is 3.12. The van der Waals surface area contributed by atoms with Crippen molar-refractivity contribution < 1.29 is 4.79 Å². The number of halogens is 2. The van der Waals surface area contributed by atoms with Crippen molar-refractivity contribution in [2.75, 3.05) is 31.1 Å². The summed E-state index contributed by atoms with van der Waals surface area (Å²) in [5.74, 6) is -0.00777. The lowest BCUT2D eigenvalue weighted by Crippen LogP contribution is -2.24. The first-order chi connectivity index (χ1) is 10.2. The molecule has 0 spiro atoms. The molecular formula is C14H24Cl2N4OS2. The Morgan fingerprint density at radius 2 is 1.96 bits per heavy atom. The van der Waals surface area contributed by atoms with Gasteiger partial charge < -0.3 is 16.0 Å². The molecule has 0 atom stereocenters. The molecule has 9 heteroatoms. The number of hydrogen-bond acceptors (Lipinski definition) is 6. The summed E-state index contributed by atoms with van der Waals surface area (Å²) in [6.45, 7) is 7.50. The van der Waals surface area contributed by atoms with E-state index in [4.69, 9.17) is 5.73 Å². The van der Waals surface area contributed by atoms with Gasteiger partial charge in [0.15, 0.2) is 5.13 Å². The molecule has 0 fully saturated rings. The summed E-state index contributed by atoms with van der Waals surface area (Å²) in [7, 11) is 0. The fourth-order valence-electron chi connectivity index (χ4n) is 2.02. The van der Waals surface area contributed by atoms with Gasteiger partial charge >= 0.3 is 0 Å². The van der Waals surface area contributed by atoms with E-state index in [2.05, 4.69) is 29.0 Å². The molecule has 132 valence electrons. The van der Waals surface area contributed by atoms with E-state index in [9.17, 15) is 4.79 Å². The van der Waals surface area contributed by atoms with E-state index in [1.54, 1.807) is 11.3 Å². The second-order valence-electron chi connectivity index (χ2n) is 4.70. The Kier molecular flexibility index (Phi) is 10.8. The van der Waals surface area contributed by atoms with Gasteiger partial charge in [0.1, 0.15) is 4.83 Å². The SMILES string of the molecule is CCN(CC)c1nc2sc(C(=O)NCCCCN)cc2s1.Cl.Cl.